The minimum absolute atomic E-state index is 0.183. The van der Waals surface area contributed by atoms with E-state index in [2.05, 4.69) is 108 Å². The Hall–Kier alpha value is -16.7. The number of hydrogen-bond acceptors (Lipinski definition) is 25. The largest absolute Gasteiger partial charge is 0.399 e. The van der Waals surface area contributed by atoms with Gasteiger partial charge in [0.05, 0.1) is 26.9 Å². The molecule has 0 aliphatic heterocycles. The Morgan fingerprint density at radius 2 is 0.821 bits per heavy atom. The summed E-state index contributed by atoms with van der Waals surface area (Å²) in [6, 6.07) is 75.2. The van der Waals surface area contributed by atoms with Crippen LogP contribution in [-0.2, 0) is 40.9 Å². The number of alkyl halides is 1. The van der Waals surface area contributed by atoms with Gasteiger partial charge in [-0.1, -0.05) is 94.8 Å². The van der Waals surface area contributed by atoms with Gasteiger partial charge in [0.25, 0.3) is 37.8 Å². The van der Waals surface area contributed by atoms with Gasteiger partial charge in [0.2, 0.25) is 17.1 Å². The number of nitrogens with two attached hydrogens (primary N) is 1. The monoisotopic (exact) mass is 1990 g/mol. The number of aromatic nitrogens is 12. The summed E-state index contributed by atoms with van der Waals surface area (Å²) in [5.41, 5.74) is 19.7. The number of halogens is 2. The van der Waals surface area contributed by atoms with Crippen LogP contribution >= 0.6 is 27.5 Å². The first-order valence-corrected chi connectivity index (χ1v) is 47.5. The van der Waals surface area contributed by atoms with Crippen molar-refractivity contribution in [2.75, 3.05) is 104 Å². The van der Waals surface area contributed by atoms with Crippen molar-refractivity contribution in [2.24, 2.45) is 0 Å². The summed E-state index contributed by atoms with van der Waals surface area (Å²) in [7, 11) is 3.87. The number of benzene rings is 8. The second-order valence-corrected chi connectivity index (χ2v) is 36.0. The molecule has 0 saturated heterocycles. The summed E-state index contributed by atoms with van der Waals surface area (Å²) in [5.74, 6) is -0.122. The van der Waals surface area contributed by atoms with Crippen molar-refractivity contribution in [1.29, 1.82) is 0 Å². The SMILES string of the molecule is CN(C)C/C=C/C(=O)Nc1ccc(C(=O)Nc2cccc(Cc3cc(-c4cnc5c(ccn5S(=O)(=O)c5ccccc5)c4)ncn3)c2)cc1.CN(C)C/C=C/C(=O)Nc1ccc(C(=O)Nc2cccc(Nc3cc(-c4cnc5[nH]ccc5c4)ncn3)c2)cc1.CNC.Nc1ccc(C(=O)Nc2cccc(Nc3cc(-c4cnc5c(ccn5S(=O)(=O)c5ccccc5)c4)ncn3)c2)cc1.O=C(Cl)/C=C/CBr. The molecule has 9 heterocycles. The van der Waals surface area contributed by atoms with Gasteiger partial charge >= 0.3 is 0 Å². The first-order chi connectivity index (χ1) is 67.6. The molecule has 0 bridgehead atoms. The molecule has 0 aliphatic rings. The zero-order valence-electron chi connectivity index (χ0n) is 76.4. The number of carbonyl (C=O) groups excluding carboxylic acids is 6. The topological polar surface area (TPSA) is 441 Å². The van der Waals surface area contributed by atoms with Gasteiger partial charge in [-0.25, -0.2) is 69.6 Å². The van der Waals surface area contributed by atoms with Gasteiger partial charge < -0.3 is 63.1 Å². The number of fused-ring (bicyclic) bond motifs is 3. The quantitative estimate of drug-likeness (QED) is 0.00901. The van der Waals surface area contributed by atoms with Gasteiger partial charge in [0.15, 0.2) is 11.3 Å². The van der Waals surface area contributed by atoms with Crippen molar-refractivity contribution in [2.45, 2.75) is 16.2 Å². The van der Waals surface area contributed by atoms with Crippen LogP contribution in [0.2, 0.25) is 0 Å². The summed E-state index contributed by atoms with van der Waals surface area (Å²) in [6.07, 6.45) is 24.2. The number of nitrogen functional groups attached to an aromatic ring is 1. The molecule has 0 spiro atoms. The van der Waals surface area contributed by atoms with Gasteiger partial charge in [0, 0.05) is 187 Å². The second-order valence-electron chi connectivity index (χ2n) is 31.3. The van der Waals surface area contributed by atoms with Crippen LogP contribution < -0.4 is 48.3 Å². The Bertz CT molecular complexity index is 7580. The number of aromatic amines is 1. The molecular weight excluding hydrogens is 1900 g/mol. The van der Waals surface area contributed by atoms with Crippen molar-refractivity contribution >= 4 is 173 Å². The van der Waals surface area contributed by atoms with Crippen LogP contribution in [0.3, 0.4) is 0 Å². The highest BCUT2D eigenvalue weighted by atomic mass is 79.9. The van der Waals surface area contributed by atoms with Crippen LogP contribution in [0.4, 0.5) is 57.1 Å². The third-order valence-electron chi connectivity index (χ3n) is 20.1. The second kappa shape index (κ2) is 48.6. The Balaban J connectivity index is 0.000000169. The van der Waals surface area contributed by atoms with Crippen molar-refractivity contribution in [3.8, 4) is 33.8 Å². The maximum atomic E-state index is 13.2. The molecule has 0 aliphatic carbocycles. The molecule has 0 saturated carbocycles. The molecule has 708 valence electrons. The minimum Gasteiger partial charge on any atom is -0.399 e. The van der Waals surface area contributed by atoms with Gasteiger partial charge in [0.1, 0.15) is 36.3 Å². The van der Waals surface area contributed by atoms with Gasteiger partial charge in [-0.05, 0) is 254 Å². The fraction of sp³-hybridized carbons (Fsp3) is 0.0971. The lowest BCUT2D eigenvalue weighted by molar-refractivity contribution is -0.112. The van der Waals surface area contributed by atoms with Crippen LogP contribution in [0.15, 0.2) is 363 Å². The summed E-state index contributed by atoms with van der Waals surface area (Å²) >= 11 is 7.99. The molecule has 33 nitrogen and oxygen atoms in total. The number of H-pyrrole nitrogens is 1. The normalized spacial score (nSPS) is 11.2. The highest BCUT2D eigenvalue weighted by molar-refractivity contribution is 9.09. The van der Waals surface area contributed by atoms with Crippen LogP contribution in [0.1, 0.15) is 42.3 Å². The van der Waals surface area contributed by atoms with E-state index in [-0.39, 0.29) is 39.3 Å². The first kappa shape index (κ1) is 101. The molecule has 0 atom stereocenters. The Morgan fingerprint density at radius 3 is 1.26 bits per heavy atom. The average Bonchev–Trinajstić information content (AvgIpc) is 1.61. The van der Waals surface area contributed by atoms with E-state index in [0.29, 0.717) is 132 Å². The molecule has 0 radical (unpaired) electrons. The predicted octanol–water partition coefficient (Wildman–Crippen LogP) is 17.5. The molecule has 17 rings (SSSR count). The van der Waals surface area contributed by atoms with E-state index >= 15 is 0 Å². The first-order valence-electron chi connectivity index (χ1n) is 43.2. The van der Waals surface area contributed by atoms with E-state index in [4.69, 9.17) is 17.3 Å². The number of amides is 5. The van der Waals surface area contributed by atoms with Gasteiger partial charge in [-0.15, -0.1) is 0 Å². The third-order valence-corrected chi connectivity index (χ3v) is 24.0. The Labute approximate surface area is 820 Å². The van der Waals surface area contributed by atoms with E-state index in [1.54, 1.807) is 207 Å². The molecular formula is C103H95BrClN23O10S2. The number of nitrogens with zero attached hydrogens (tertiary/aromatic N) is 13. The highest BCUT2D eigenvalue weighted by Gasteiger charge is 2.23. The lowest BCUT2D eigenvalue weighted by Gasteiger charge is -2.10. The lowest BCUT2D eigenvalue weighted by atomic mass is 10.1. The van der Waals surface area contributed by atoms with Crippen molar-refractivity contribution in [1.82, 2.24) is 72.9 Å². The maximum absolute atomic E-state index is 13.2. The molecule has 11 N–H and O–H groups in total. The van der Waals surface area contributed by atoms with Crippen LogP contribution in [0, 0.1) is 0 Å². The number of pyridine rings is 3. The molecule has 140 heavy (non-hydrogen) atoms. The zero-order chi connectivity index (χ0) is 99.1. The number of allylic oxidation sites excluding steroid dienone is 2. The van der Waals surface area contributed by atoms with E-state index < -0.39 is 25.3 Å². The Morgan fingerprint density at radius 1 is 0.414 bits per heavy atom. The average molecular weight is 1990 g/mol. The number of likely N-dealkylation sites (N-methyl/N-ethyl adjacent to an activating group) is 2. The van der Waals surface area contributed by atoms with Gasteiger partial charge in [-0.3, -0.25) is 28.8 Å². The molecule has 8 aromatic carbocycles. The minimum atomic E-state index is -3.79. The zero-order valence-corrected chi connectivity index (χ0v) is 80.3. The Kier molecular flexibility index (Phi) is 35.0. The standard InChI is InChI=1S/C37H33N7O4S.C30H28N8O2.C30H23N7O3S.C4H4BrClO.C2H7N/c1-43(2)18-7-12-35(45)41-30-15-13-27(14-16-30)37(46)42-31-9-6-8-26(20-31)21-32-23-34(40-25-39-32)29-22-28-17-19-44(36(28)38-24-29)49(47,48)33-10-4-3-5-11-33;1-38(2)14-4-7-28(39)36-23-10-8-20(9-11-23)30(40)37-25-6-3-5-24(16-25)35-27-17-26(33-19-34-27)22-15-21-12-13-31-29(21)32-18-22;31-23-11-9-20(10-12-23)30(38)36-25-6-4-5-24(16-25)35-28-17-27(33-19-34-28)22-15-21-13-14-37(29(21)32-18-22)41(39,40)26-7-2-1-3-8-26;5-3-1-2-4(6)7;1-3-2/h3-17,19-20,22-25H,18,21H2,1-2H3,(H,41,45)(H,42,46);3-13,15-19H,14H2,1-2H3,(H,31,32)(H,36,39)(H,37,40)(H,33,34,35);1-19H,31H2,(H,36,38)(H,33,34,35);1-2H,3H2;3H,1-2H3/b12-7+;7-4+;;2-1+;. The fourth-order valence-electron chi connectivity index (χ4n) is 13.5. The maximum Gasteiger partial charge on any atom is 0.269 e. The summed E-state index contributed by atoms with van der Waals surface area (Å²) in [6.45, 7) is 1.33. The number of nitrogens with one attached hydrogen (secondary N) is 9. The molecule has 5 amide bonds. The van der Waals surface area contributed by atoms with E-state index in [9.17, 15) is 45.6 Å². The molecule has 0 fully saturated rings. The van der Waals surface area contributed by atoms with Crippen LogP contribution in [-0.4, -0.2) is 180 Å². The van der Waals surface area contributed by atoms with Crippen LogP contribution in [0.25, 0.3) is 66.9 Å². The molecule has 37 heteroatoms. The van der Waals surface area contributed by atoms with E-state index in [1.165, 1.54) is 57.5 Å². The number of carbonyl (C=O) groups is 6. The number of rotatable bonds is 29. The molecule has 17 aromatic rings. The number of hydrogen-bond donors (Lipinski definition) is 10. The highest BCUT2D eigenvalue weighted by Crippen LogP contribution is 2.32. The van der Waals surface area contributed by atoms with E-state index in [0.717, 1.165) is 44.8 Å². The fourth-order valence-corrected chi connectivity index (χ4v) is 16.4. The van der Waals surface area contributed by atoms with Crippen molar-refractivity contribution in [3.63, 3.8) is 0 Å². The third kappa shape index (κ3) is 28.5. The summed E-state index contributed by atoms with van der Waals surface area (Å²) in [5, 5.41) is 26.1. The van der Waals surface area contributed by atoms with Crippen molar-refractivity contribution < 1.29 is 45.6 Å². The van der Waals surface area contributed by atoms with Gasteiger partial charge in [-0.2, -0.15) is 0 Å². The number of anilines is 10. The smallest absolute Gasteiger partial charge is 0.269 e. The summed E-state index contributed by atoms with van der Waals surface area (Å²) < 4.78 is 55.0. The van der Waals surface area contributed by atoms with Crippen molar-refractivity contribution in [3.05, 3.63) is 381 Å². The lowest BCUT2D eigenvalue weighted by Crippen LogP contribution is -2.13. The van der Waals surface area contributed by atoms with Crippen LogP contribution in [0.5, 0.6) is 0 Å². The molecule has 0 unspecified atom stereocenters. The predicted molar refractivity (Wildman–Crippen MR) is 554 cm³/mol. The molecule has 9 aromatic heterocycles. The van der Waals surface area contributed by atoms with E-state index in [1.807, 2.05) is 149 Å². The summed E-state index contributed by atoms with van der Waals surface area (Å²) in [4.78, 5) is 119.